The van der Waals surface area contributed by atoms with Crippen LogP contribution in [0.1, 0.15) is 271 Å². The van der Waals surface area contributed by atoms with E-state index in [0.29, 0.717) is 6.42 Å². The highest BCUT2D eigenvalue weighted by Gasteiger charge is 2.18. The highest BCUT2D eigenvalue weighted by molar-refractivity contribution is 5.76. The first-order valence-corrected chi connectivity index (χ1v) is 30.4. The van der Waals surface area contributed by atoms with Gasteiger partial charge in [0.05, 0.1) is 18.8 Å². The summed E-state index contributed by atoms with van der Waals surface area (Å²) in [6.07, 6.45) is 96.2. The van der Waals surface area contributed by atoms with Crippen LogP contribution >= 0.6 is 0 Å². The maximum Gasteiger partial charge on any atom is 0.220 e. The van der Waals surface area contributed by atoms with Crippen molar-refractivity contribution in [2.45, 2.75) is 283 Å². The molecule has 0 fully saturated rings. The van der Waals surface area contributed by atoms with Crippen molar-refractivity contribution < 1.29 is 15.0 Å². The van der Waals surface area contributed by atoms with Crippen LogP contribution < -0.4 is 5.32 Å². The van der Waals surface area contributed by atoms with Gasteiger partial charge in [-0.05, 0) is 96.3 Å². The summed E-state index contributed by atoms with van der Waals surface area (Å²) >= 11 is 0. The number of aliphatic hydroxyl groups excluding tert-OH is 2. The lowest BCUT2D eigenvalue weighted by Crippen LogP contribution is -2.45. The Bertz CT molecular complexity index is 1450. The van der Waals surface area contributed by atoms with E-state index in [-0.39, 0.29) is 12.5 Å². The van der Waals surface area contributed by atoms with Gasteiger partial charge in [0.1, 0.15) is 0 Å². The molecule has 0 aromatic rings. The second kappa shape index (κ2) is 61.8. The van der Waals surface area contributed by atoms with Crippen molar-refractivity contribution >= 4 is 5.91 Å². The monoisotopic (exact) mass is 994 g/mol. The maximum atomic E-state index is 12.5. The topological polar surface area (TPSA) is 69.6 Å². The SMILES string of the molecule is CC/C=C\C/C=C\C/C=C\C/C=C\C/C=C\C/C=C\C/C=C\C/C=C\C/C=C\C/C=C\CCCCC(=O)NC(CO)C(O)/C=C/CCCCCCCCCCCCCCCCCCCCCCCCCCC. The quantitative estimate of drug-likeness (QED) is 0.0420. The molecule has 0 aromatic carbocycles. The van der Waals surface area contributed by atoms with Crippen LogP contribution in [0.3, 0.4) is 0 Å². The van der Waals surface area contributed by atoms with Gasteiger partial charge in [0.25, 0.3) is 0 Å². The summed E-state index contributed by atoms with van der Waals surface area (Å²) in [4.78, 5) is 12.5. The summed E-state index contributed by atoms with van der Waals surface area (Å²) in [5.74, 6) is -0.109. The van der Waals surface area contributed by atoms with Crippen molar-refractivity contribution in [1.82, 2.24) is 5.32 Å². The van der Waals surface area contributed by atoms with E-state index in [4.69, 9.17) is 0 Å². The molecule has 0 heterocycles. The number of hydrogen-bond donors (Lipinski definition) is 3. The minimum absolute atomic E-state index is 0.109. The first kappa shape index (κ1) is 68.5. The second-order valence-electron chi connectivity index (χ2n) is 20.0. The van der Waals surface area contributed by atoms with Gasteiger partial charge >= 0.3 is 0 Å². The average molecular weight is 995 g/mol. The molecule has 0 bridgehead atoms. The Morgan fingerprint density at radius 3 is 0.917 bits per heavy atom. The average Bonchev–Trinajstić information content (AvgIpc) is 3.39. The van der Waals surface area contributed by atoms with E-state index < -0.39 is 12.1 Å². The minimum Gasteiger partial charge on any atom is -0.394 e. The van der Waals surface area contributed by atoms with Crippen molar-refractivity contribution in [3.63, 3.8) is 0 Å². The van der Waals surface area contributed by atoms with E-state index in [2.05, 4.69) is 141 Å². The summed E-state index contributed by atoms with van der Waals surface area (Å²) in [6.45, 7) is 4.19. The second-order valence-corrected chi connectivity index (χ2v) is 20.0. The van der Waals surface area contributed by atoms with E-state index in [9.17, 15) is 15.0 Å². The fourth-order valence-corrected chi connectivity index (χ4v) is 8.56. The molecular formula is C68H115NO3. The van der Waals surface area contributed by atoms with Crippen LogP contribution in [0.4, 0.5) is 0 Å². The smallest absolute Gasteiger partial charge is 0.220 e. The first-order chi connectivity index (χ1) is 35.7. The number of hydrogen-bond acceptors (Lipinski definition) is 3. The number of carbonyl (C=O) groups is 1. The summed E-state index contributed by atoms with van der Waals surface area (Å²) in [6, 6.07) is -0.658. The lowest BCUT2D eigenvalue weighted by atomic mass is 10.0. The van der Waals surface area contributed by atoms with Crippen LogP contribution in [-0.2, 0) is 4.79 Å². The number of amides is 1. The molecule has 0 radical (unpaired) electrons. The van der Waals surface area contributed by atoms with Crippen LogP contribution in [0.5, 0.6) is 0 Å². The molecule has 2 atom stereocenters. The van der Waals surface area contributed by atoms with E-state index in [0.717, 1.165) is 96.3 Å². The highest BCUT2D eigenvalue weighted by atomic mass is 16.3. The van der Waals surface area contributed by atoms with Crippen LogP contribution in [-0.4, -0.2) is 34.9 Å². The van der Waals surface area contributed by atoms with Gasteiger partial charge < -0.3 is 15.5 Å². The van der Waals surface area contributed by atoms with Gasteiger partial charge in [-0.15, -0.1) is 0 Å². The van der Waals surface area contributed by atoms with Crippen molar-refractivity contribution in [1.29, 1.82) is 0 Å². The summed E-state index contributed by atoms with van der Waals surface area (Å²) in [5, 5.41) is 23.2. The number of allylic oxidation sites excluding steroid dienone is 21. The van der Waals surface area contributed by atoms with Crippen LogP contribution in [0.15, 0.2) is 134 Å². The predicted molar refractivity (Wildman–Crippen MR) is 322 cm³/mol. The number of nitrogens with one attached hydrogen (secondary N) is 1. The van der Waals surface area contributed by atoms with E-state index in [1.807, 2.05) is 6.08 Å². The molecular weight excluding hydrogens is 879 g/mol. The molecule has 1 amide bonds. The Labute approximate surface area is 447 Å². The Morgan fingerprint density at radius 1 is 0.347 bits per heavy atom. The molecule has 0 rings (SSSR count). The number of unbranched alkanes of at least 4 members (excludes halogenated alkanes) is 27. The molecule has 3 N–H and O–H groups in total. The van der Waals surface area contributed by atoms with E-state index in [1.165, 1.54) is 154 Å². The molecule has 0 saturated heterocycles. The Balaban J connectivity index is 3.66. The number of aliphatic hydroxyl groups is 2. The van der Waals surface area contributed by atoms with Crippen LogP contribution in [0.25, 0.3) is 0 Å². The molecule has 2 unspecified atom stereocenters. The normalized spacial score (nSPS) is 13.8. The van der Waals surface area contributed by atoms with Gasteiger partial charge in [0.2, 0.25) is 5.91 Å². The molecule has 0 aliphatic heterocycles. The molecule has 0 aliphatic carbocycles. The molecule has 0 spiro atoms. The van der Waals surface area contributed by atoms with E-state index in [1.54, 1.807) is 6.08 Å². The summed E-state index contributed by atoms with van der Waals surface area (Å²) in [5.41, 5.74) is 0. The third-order valence-corrected chi connectivity index (χ3v) is 13.1. The van der Waals surface area contributed by atoms with Gasteiger partial charge in [-0.1, -0.05) is 302 Å². The molecule has 4 heteroatoms. The lowest BCUT2D eigenvalue weighted by Gasteiger charge is -2.19. The van der Waals surface area contributed by atoms with E-state index >= 15 is 0 Å². The van der Waals surface area contributed by atoms with Gasteiger partial charge in [-0.25, -0.2) is 0 Å². The molecule has 0 aromatic heterocycles. The van der Waals surface area contributed by atoms with Gasteiger partial charge in [0, 0.05) is 6.42 Å². The highest BCUT2D eigenvalue weighted by Crippen LogP contribution is 2.16. The molecule has 4 nitrogen and oxygen atoms in total. The number of rotatable bonds is 54. The lowest BCUT2D eigenvalue weighted by molar-refractivity contribution is -0.123. The first-order valence-electron chi connectivity index (χ1n) is 30.4. The largest absolute Gasteiger partial charge is 0.394 e. The molecule has 72 heavy (non-hydrogen) atoms. The fourth-order valence-electron chi connectivity index (χ4n) is 8.56. The van der Waals surface area contributed by atoms with Crippen LogP contribution in [0.2, 0.25) is 0 Å². The molecule has 410 valence electrons. The van der Waals surface area contributed by atoms with Crippen molar-refractivity contribution in [3.8, 4) is 0 Å². The Kier molecular flexibility index (Phi) is 58.8. The van der Waals surface area contributed by atoms with Crippen molar-refractivity contribution in [3.05, 3.63) is 134 Å². The van der Waals surface area contributed by atoms with Crippen LogP contribution in [0, 0.1) is 0 Å². The third-order valence-electron chi connectivity index (χ3n) is 13.1. The van der Waals surface area contributed by atoms with Gasteiger partial charge in [0.15, 0.2) is 0 Å². The standard InChI is InChI=1S/C68H115NO3/c1-3-5-7-9-11-13-15-17-19-21-23-25-27-29-31-32-33-34-35-36-38-40-42-44-46-48-50-52-54-56-58-60-62-64-68(72)69-66(65-70)67(71)63-61-59-57-55-53-51-49-47-45-43-41-39-37-30-28-26-24-22-20-18-16-14-12-10-8-6-4-2/h5,7,11,13,17,19,23,25,29,31,33-34,36,38,42,44,48,50,54,56,61,63,66-67,70-71H,3-4,6,8-10,12,14-16,18,20-22,24,26-28,30,32,35,37,39-41,43,45-47,49,51-53,55,57-60,62,64-65H2,1-2H3,(H,69,72)/b7-5-,13-11-,19-17-,25-23-,31-29-,34-33-,38-36-,44-42-,50-48-,56-54-,63-61+. The zero-order valence-electron chi connectivity index (χ0n) is 47.2. The summed E-state index contributed by atoms with van der Waals surface area (Å²) in [7, 11) is 0. The Hall–Kier alpha value is -3.47. The van der Waals surface area contributed by atoms with Gasteiger partial charge in [-0.2, -0.15) is 0 Å². The van der Waals surface area contributed by atoms with Gasteiger partial charge in [-0.3, -0.25) is 4.79 Å². The third kappa shape index (κ3) is 57.4. The minimum atomic E-state index is -0.869. The maximum absolute atomic E-state index is 12.5. The zero-order chi connectivity index (χ0) is 52.0. The predicted octanol–water partition coefficient (Wildman–Crippen LogP) is 20.6. The molecule has 0 aliphatic rings. The van der Waals surface area contributed by atoms with Crippen molar-refractivity contribution in [2.24, 2.45) is 0 Å². The zero-order valence-corrected chi connectivity index (χ0v) is 47.2. The molecule has 0 saturated carbocycles. The number of carbonyl (C=O) groups excluding carboxylic acids is 1. The Morgan fingerprint density at radius 2 is 0.611 bits per heavy atom. The fraction of sp³-hybridized carbons (Fsp3) is 0.662. The van der Waals surface area contributed by atoms with Crippen molar-refractivity contribution in [2.75, 3.05) is 6.61 Å². The summed E-state index contributed by atoms with van der Waals surface area (Å²) < 4.78 is 0.